The van der Waals surface area contributed by atoms with Gasteiger partial charge in [-0.2, -0.15) is 0 Å². The third-order valence-electron chi connectivity index (χ3n) is 3.01. The van der Waals surface area contributed by atoms with Crippen LogP contribution in [0.25, 0.3) is 16.3 Å². The highest BCUT2D eigenvalue weighted by Crippen LogP contribution is 2.28. The lowest BCUT2D eigenvalue weighted by Crippen LogP contribution is -2.11. The van der Waals surface area contributed by atoms with E-state index in [0.29, 0.717) is 16.0 Å². The molecule has 0 spiro atoms. The Hall–Kier alpha value is -2.55. The lowest BCUT2D eigenvalue weighted by atomic mass is 10.2. The summed E-state index contributed by atoms with van der Waals surface area (Å²) < 4.78 is 28.2. The normalized spacial score (nSPS) is 11.9. The number of aromatic nitrogens is 1. The van der Waals surface area contributed by atoms with E-state index in [1.165, 1.54) is 6.08 Å². The van der Waals surface area contributed by atoms with Gasteiger partial charge >= 0.3 is 5.97 Å². The molecule has 3 aromatic rings. The summed E-state index contributed by atoms with van der Waals surface area (Å²) in [6, 6.07) is 14.0. The van der Waals surface area contributed by atoms with Crippen molar-refractivity contribution in [2.75, 3.05) is 0 Å². The molecule has 0 aliphatic rings. The zero-order valence-electron chi connectivity index (χ0n) is 12.2. The molecule has 2 aromatic carbocycles. The number of carbonyl (C=O) groups excluding carboxylic acids is 1. The third-order valence-corrected chi connectivity index (χ3v) is 5.35. The second-order valence-corrected chi connectivity index (χ2v) is 7.59. The van der Waals surface area contributed by atoms with Crippen LogP contribution in [0.3, 0.4) is 0 Å². The zero-order chi connectivity index (χ0) is 17.2. The minimum Gasteiger partial charge on any atom is -0.423 e. The third kappa shape index (κ3) is 3.85. The van der Waals surface area contributed by atoms with Crippen LogP contribution in [0.2, 0.25) is 0 Å². The highest BCUT2D eigenvalue weighted by Gasteiger charge is 2.15. The van der Waals surface area contributed by atoms with Crippen molar-refractivity contribution < 1.29 is 17.9 Å². The summed E-state index contributed by atoms with van der Waals surface area (Å²) in [5.74, 6) is -0.232. The Balaban J connectivity index is 1.77. The summed E-state index contributed by atoms with van der Waals surface area (Å²) in [6.07, 6.45) is 2.97. The van der Waals surface area contributed by atoms with Crippen molar-refractivity contribution in [1.29, 1.82) is 0 Å². The first-order valence-corrected chi connectivity index (χ1v) is 9.16. The summed E-state index contributed by atoms with van der Waals surface area (Å²) in [5.41, 5.74) is 1.36. The van der Waals surface area contributed by atoms with Crippen molar-refractivity contribution in [1.82, 2.24) is 4.98 Å². The Morgan fingerprint density at radius 1 is 1.17 bits per heavy atom. The van der Waals surface area contributed by atoms with Crippen LogP contribution in [0.5, 0.6) is 5.75 Å². The number of hydrogen-bond acceptors (Lipinski definition) is 6. The molecule has 0 fully saturated rings. The molecule has 2 N–H and O–H groups in total. The molecule has 3 rings (SSSR count). The second-order valence-electron chi connectivity index (χ2n) is 4.82. The first-order valence-electron chi connectivity index (χ1n) is 6.80. The first-order chi connectivity index (χ1) is 11.4. The number of hydrogen-bond donors (Lipinski definition) is 1. The van der Waals surface area contributed by atoms with Crippen molar-refractivity contribution >= 4 is 43.6 Å². The van der Waals surface area contributed by atoms with Gasteiger partial charge in [-0.15, -0.1) is 11.3 Å². The fourth-order valence-corrected chi connectivity index (χ4v) is 3.63. The predicted molar refractivity (Wildman–Crippen MR) is 92.1 cm³/mol. The van der Waals surface area contributed by atoms with Crippen molar-refractivity contribution in [3.8, 4) is 5.75 Å². The summed E-state index contributed by atoms with van der Waals surface area (Å²) in [4.78, 5) is 15.8. The lowest BCUT2D eigenvalue weighted by Gasteiger charge is -2.00. The fourth-order valence-electron chi connectivity index (χ4n) is 1.95. The van der Waals surface area contributed by atoms with Crippen molar-refractivity contribution in [2.24, 2.45) is 5.14 Å². The maximum atomic E-state index is 11.8. The van der Waals surface area contributed by atoms with E-state index in [9.17, 15) is 13.2 Å². The van der Waals surface area contributed by atoms with E-state index >= 15 is 0 Å². The van der Waals surface area contributed by atoms with Gasteiger partial charge in [-0.3, -0.25) is 0 Å². The van der Waals surface area contributed by atoms with Gasteiger partial charge in [0.2, 0.25) is 4.34 Å². The van der Waals surface area contributed by atoms with Gasteiger partial charge in [0.15, 0.2) is 0 Å². The smallest absolute Gasteiger partial charge is 0.336 e. The van der Waals surface area contributed by atoms with Gasteiger partial charge in [-0.1, -0.05) is 30.3 Å². The van der Waals surface area contributed by atoms with Gasteiger partial charge in [0.25, 0.3) is 10.0 Å². The van der Waals surface area contributed by atoms with Gasteiger partial charge < -0.3 is 4.74 Å². The molecule has 0 bridgehead atoms. The molecule has 6 nitrogen and oxygen atoms in total. The summed E-state index contributed by atoms with van der Waals surface area (Å²) in [5, 5.41) is 5.06. The van der Waals surface area contributed by atoms with Crippen molar-refractivity contribution in [2.45, 2.75) is 4.34 Å². The number of fused-ring (bicyclic) bond motifs is 1. The number of ether oxygens (including phenoxy) is 1. The number of primary sulfonamides is 1. The minimum atomic E-state index is -3.85. The Bertz CT molecular complexity index is 1020. The molecule has 1 heterocycles. The molecule has 0 aliphatic carbocycles. The molecular formula is C16H12N2O4S2. The molecule has 122 valence electrons. The molecule has 0 atom stereocenters. The molecule has 0 radical (unpaired) electrons. The van der Waals surface area contributed by atoms with Gasteiger partial charge in [0.1, 0.15) is 5.75 Å². The SMILES string of the molecule is NS(=O)(=O)c1nc2ccc(OC(=O)/C=C/c3ccccc3)cc2s1. The van der Waals surface area contributed by atoms with E-state index in [0.717, 1.165) is 16.9 Å². The van der Waals surface area contributed by atoms with E-state index < -0.39 is 16.0 Å². The van der Waals surface area contributed by atoms with Crippen LogP contribution in [0.15, 0.2) is 58.9 Å². The van der Waals surface area contributed by atoms with Crippen molar-refractivity contribution in [3.05, 3.63) is 60.2 Å². The molecule has 0 unspecified atom stereocenters. The summed E-state index contributed by atoms with van der Waals surface area (Å²) >= 11 is 0.922. The number of sulfonamides is 1. The number of thiazole rings is 1. The van der Waals surface area contributed by atoms with Crippen LogP contribution in [-0.4, -0.2) is 19.4 Å². The van der Waals surface area contributed by atoms with Crippen LogP contribution in [0.1, 0.15) is 5.56 Å². The van der Waals surface area contributed by atoms with Gasteiger partial charge in [-0.05, 0) is 23.8 Å². The average Bonchev–Trinajstić information content (AvgIpc) is 2.97. The van der Waals surface area contributed by atoms with Crippen LogP contribution in [-0.2, 0) is 14.8 Å². The topological polar surface area (TPSA) is 99.4 Å². The van der Waals surface area contributed by atoms with Gasteiger partial charge in [0, 0.05) is 12.1 Å². The van der Waals surface area contributed by atoms with Gasteiger partial charge in [0.05, 0.1) is 10.2 Å². The molecular weight excluding hydrogens is 348 g/mol. The standard InChI is InChI=1S/C16H12N2O4S2/c17-24(20,21)16-18-13-8-7-12(10-14(13)23-16)22-15(19)9-6-11-4-2-1-3-5-11/h1-10H,(H2,17,20,21)/b9-6+. The van der Waals surface area contributed by atoms with E-state index in [2.05, 4.69) is 4.98 Å². The molecule has 0 saturated heterocycles. The molecule has 0 aliphatic heterocycles. The number of nitrogens with zero attached hydrogens (tertiary/aromatic N) is 1. The fraction of sp³-hybridized carbons (Fsp3) is 0. The Morgan fingerprint density at radius 2 is 1.92 bits per heavy atom. The number of nitrogens with two attached hydrogens (primary N) is 1. The molecule has 8 heteroatoms. The maximum Gasteiger partial charge on any atom is 0.336 e. The maximum absolute atomic E-state index is 11.8. The summed E-state index contributed by atoms with van der Waals surface area (Å²) in [6.45, 7) is 0. The zero-order valence-corrected chi connectivity index (χ0v) is 13.9. The number of carbonyl (C=O) groups is 1. The van der Waals surface area contributed by atoms with Crippen molar-refractivity contribution in [3.63, 3.8) is 0 Å². The van der Waals surface area contributed by atoms with Gasteiger partial charge in [-0.25, -0.2) is 23.3 Å². The monoisotopic (exact) mass is 360 g/mol. The van der Waals surface area contributed by atoms with Crippen LogP contribution < -0.4 is 9.88 Å². The van der Waals surface area contributed by atoms with Crippen LogP contribution in [0.4, 0.5) is 0 Å². The molecule has 0 amide bonds. The Labute approximate surface area is 142 Å². The molecule has 1 aromatic heterocycles. The lowest BCUT2D eigenvalue weighted by molar-refractivity contribution is -0.128. The predicted octanol–water partition coefficient (Wildman–Crippen LogP) is 2.56. The highest BCUT2D eigenvalue weighted by molar-refractivity contribution is 7.91. The number of esters is 1. The van der Waals surface area contributed by atoms with Crippen LogP contribution >= 0.6 is 11.3 Å². The van der Waals surface area contributed by atoms with E-state index in [1.807, 2.05) is 30.3 Å². The van der Waals surface area contributed by atoms with E-state index in [-0.39, 0.29) is 4.34 Å². The average molecular weight is 360 g/mol. The Kier molecular flexibility index (Phi) is 4.43. The quantitative estimate of drug-likeness (QED) is 0.438. The largest absolute Gasteiger partial charge is 0.423 e. The highest BCUT2D eigenvalue weighted by atomic mass is 32.2. The van der Waals surface area contributed by atoms with Crippen LogP contribution in [0, 0.1) is 0 Å². The minimum absolute atomic E-state index is 0.176. The Morgan fingerprint density at radius 3 is 2.62 bits per heavy atom. The first kappa shape index (κ1) is 16.3. The van der Waals surface area contributed by atoms with E-state index in [1.54, 1.807) is 24.3 Å². The second kappa shape index (κ2) is 6.52. The summed E-state index contributed by atoms with van der Waals surface area (Å²) in [7, 11) is -3.85. The number of rotatable bonds is 4. The number of benzene rings is 2. The molecule has 24 heavy (non-hydrogen) atoms. The van der Waals surface area contributed by atoms with E-state index in [4.69, 9.17) is 9.88 Å². The molecule has 0 saturated carbocycles.